The molecule has 1 unspecified atom stereocenters. The summed E-state index contributed by atoms with van der Waals surface area (Å²) in [7, 11) is 1.64. The van der Waals surface area contributed by atoms with Crippen molar-refractivity contribution in [2.24, 2.45) is 5.92 Å². The molecule has 0 saturated carbocycles. The van der Waals surface area contributed by atoms with Gasteiger partial charge < -0.3 is 10.1 Å². The first-order valence-corrected chi connectivity index (χ1v) is 8.38. The van der Waals surface area contributed by atoms with Crippen LogP contribution in [0.5, 0.6) is 5.75 Å². The van der Waals surface area contributed by atoms with Gasteiger partial charge in [-0.25, -0.2) is 8.78 Å². The van der Waals surface area contributed by atoms with Crippen LogP contribution in [-0.2, 0) is 6.42 Å². The number of rotatable bonds is 7. The van der Waals surface area contributed by atoms with Crippen molar-refractivity contribution in [1.29, 1.82) is 0 Å². The third kappa shape index (κ3) is 3.74. The monoisotopic (exact) mass is 361 g/mol. The summed E-state index contributed by atoms with van der Waals surface area (Å²) < 4.78 is 32.5. The number of nitrogens with zero attached hydrogens (tertiary/aromatic N) is 4. The van der Waals surface area contributed by atoms with Crippen LogP contribution in [0.2, 0.25) is 0 Å². The van der Waals surface area contributed by atoms with E-state index in [1.807, 2.05) is 24.3 Å². The van der Waals surface area contributed by atoms with E-state index in [1.54, 1.807) is 19.2 Å². The molecule has 0 aliphatic carbocycles. The quantitative estimate of drug-likeness (QED) is 0.694. The Labute approximate surface area is 150 Å². The Morgan fingerprint density at radius 2 is 1.88 bits per heavy atom. The second kappa shape index (κ2) is 7.63. The average Bonchev–Trinajstić information content (AvgIpc) is 3.05. The van der Waals surface area contributed by atoms with Gasteiger partial charge in [-0.3, -0.25) is 0 Å². The molecule has 0 aliphatic rings. The molecule has 0 saturated heterocycles. The van der Waals surface area contributed by atoms with Gasteiger partial charge >= 0.3 is 0 Å². The molecule has 0 bridgehead atoms. The van der Waals surface area contributed by atoms with Crippen LogP contribution in [0.15, 0.2) is 36.4 Å². The van der Waals surface area contributed by atoms with Gasteiger partial charge in [-0.2, -0.15) is 4.52 Å². The lowest BCUT2D eigenvalue weighted by atomic mass is 9.96. The standard InChI is InChI=1S/C18H21F2N5O/c1-11(2)13(10-12-6-4-5-7-14(12)26-3)21-15-8-9-16-22-23-18(17(19)20)25(16)24-15/h4-9,11,13,17H,10H2,1-3H3,(H,21,24). The fourth-order valence-electron chi connectivity index (χ4n) is 2.77. The summed E-state index contributed by atoms with van der Waals surface area (Å²) in [6, 6.07) is 11.2. The van der Waals surface area contributed by atoms with Crippen molar-refractivity contribution in [3.05, 3.63) is 47.8 Å². The zero-order valence-electron chi connectivity index (χ0n) is 14.9. The van der Waals surface area contributed by atoms with Crippen LogP contribution in [0, 0.1) is 5.92 Å². The molecule has 0 amide bonds. The predicted molar refractivity (Wildman–Crippen MR) is 94.7 cm³/mol. The summed E-state index contributed by atoms with van der Waals surface area (Å²) in [5.41, 5.74) is 1.36. The van der Waals surface area contributed by atoms with Gasteiger partial charge in [-0.15, -0.1) is 15.3 Å². The number of anilines is 1. The maximum absolute atomic E-state index is 13.0. The van der Waals surface area contributed by atoms with Crippen LogP contribution in [0.3, 0.4) is 0 Å². The molecule has 1 aromatic carbocycles. The van der Waals surface area contributed by atoms with E-state index in [0.717, 1.165) is 15.8 Å². The summed E-state index contributed by atoms with van der Waals surface area (Å²) in [6.07, 6.45) is -2.02. The number of ether oxygens (including phenoxy) is 1. The van der Waals surface area contributed by atoms with Crippen molar-refractivity contribution < 1.29 is 13.5 Å². The number of methoxy groups -OCH3 is 1. The molecular weight excluding hydrogens is 340 g/mol. The van der Waals surface area contributed by atoms with Gasteiger partial charge in [0.05, 0.1) is 7.11 Å². The van der Waals surface area contributed by atoms with Crippen LogP contribution < -0.4 is 10.1 Å². The Morgan fingerprint density at radius 1 is 1.12 bits per heavy atom. The molecular formula is C18H21F2N5O. The average molecular weight is 361 g/mol. The summed E-state index contributed by atoms with van der Waals surface area (Å²) in [6.45, 7) is 4.18. The van der Waals surface area contributed by atoms with Crippen LogP contribution in [0.1, 0.15) is 31.7 Å². The molecule has 0 fully saturated rings. The maximum Gasteiger partial charge on any atom is 0.299 e. The highest BCUT2D eigenvalue weighted by atomic mass is 19.3. The van der Waals surface area contributed by atoms with E-state index in [9.17, 15) is 8.78 Å². The largest absolute Gasteiger partial charge is 0.496 e. The minimum Gasteiger partial charge on any atom is -0.496 e. The molecule has 1 atom stereocenters. The van der Waals surface area contributed by atoms with E-state index in [-0.39, 0.29) is 17.6 Å². The van der Waals surface area contributed by atoms with Crippen molar-refractivity contribution >= 4 is 11.5 Å². The van der Waals surface area contributed by atoms with Gasteiger partial charge in [0.15, 0.2) is 5.65 Å². The molecule has 6 nitrogen and oxygen atoms in total. The second-order valence-electron chi connectivity index (χ2n) is 6.36. The van der Waals surface area contributed by atoms with Crippen molar-refractivity contribution in [2.45, 2.75) is 32.7 Å². The van der Waals surface area contributed by atoms with E-state index in [2.05, 4.69) is 34.5 Å². The summed E-state index contributed by atoms with van der Waals surface area (Å²) >= 11 is 0. The number of benzene rings is 1. The van der Waals surface area contributed by atoms with Crippen LogP contribution >= 0.6 is 0 Å². The van der Waals surface area contributed by atoms with Gasteiger partial charge in [0.25, 0.3) is 6.43 Å². The fourth-order valence-corrected chi connectivity index (χ4v) is 2.77. The second-order valence-corrected chi connectivity index (χ2v) is 6.36. The molecule has 26 heavy (non-hydrogen) atoms. The van der Waals surface area contributed by atoms with E-state index < -0.39 is 12.2 Å². The Kier molecular flexibility index (Phi) is 5.29. The van der Waals surface area contributed by atoms with Crippen molar-refractivity contribution in [3.8, 4) is 5.75 Å². The zero-order chi connectivity index (χ0) is 18.7. The third-order valence-electron chi connectivity index (χ3n) is 4.25. The lowest BCUT2D eigenvalue weighted by Crippen LogP contribution is -2.29. The minimum absolute atomic E-state index is 0.0442. The van der Waals surface area contributed by atoms with Crippen LogP contribution in [0.25, 0.3) is 5.65 Å². The van der Waals surface area contributed by atoms with Crippen LogP contribution in [-0.4, -0.2) is 33.0 Å². The van der Waals surface area contributed by atoms with Crippen LogP contribution in [0.4, 0.5) is 14.6 Å². The molecule has 3 aromatic rings. The van der Waals surface area contributed by atoms with Crippen molar-refractivity contribution in [3.63, 3.8) is 0 Å². The summed E-state index contributed by atoms with van der Waals surface area (Å²) in [4.78, 5) is 0. The topological polar surface area (TPSA) is 64.3 Å². The first kappa shape index (κ1) is 18.0. The fraction of sp³-hybridized carbons (Fsp3) is 0.389. The molecule has 138 valence electrons. The SMILES string of the molecule is COc1ccccc1CC(Nc1ccc2nnc(C(F)F)n2n1)C(C)C. The Hall–Kier alpha value is -2.77. The number of para-hydroxylation sites is 1. The number of alkyl halides is 2. The van der Waals surface area contributed by atoms with Gasteiger partial charge in [0.2, 0.25) is 5.82 Å². The number of hydrogen-bond donors (Lipinski definition) is 1. The van der Waals surface area contributed by atoms with Gasteiger partial charge in [0, 0.05) is 6.04 Å². The first-order valence-electron chi connectivity index (χ1n) is 8.38. The predicted octanol–water partition coefficient (Wildman–Crippen LogP) is 3.75. The van der Waals surface area contributed by atoms with Gasteiger partial charge in [-0.1, -0.05) is 32.0 Å². The summed E-state index contributed by atoms with van der Waals surface area (Å²) in [5.74, 6) is 1.14. The maximum atomic E-state index is 13.0. The van der Waals surface area contributed by atoms with E-state index in [1.165, 1.54) is 0 Å². The van der Waals surface area contributed by atoms with Crippen molar-refractivity contribution in [2.75, 3.05) is 12.4 Å². The minimum atomic E-state index is -2.73. The molecule has 2 aromatic heterocycles. The highest BCUT2D eigenvalue weighted by Gasteiger charge is 2.20. The molecule has 0 aliphatic heterocycles. The Bertz CT molecular complexity index is 881. The third-order valence-corrected chi connectivity index (χ3v) is 4.25. The molecule has 0 radical (unpaired) electrons. The molecule has 1 N–H and O–H groups in total. The number of aromatic nitrogens is 4. The van der Waals surface area contributed by atoms with E-state index in [4.69, 9.17) is 4.74 Å². The number of halogens is 2. The van der Waals surface area contributed by atoms with E-state index in [0.29, 0.717) is 12.2 Å². The molecule has 3 rings (SSSR count). The Morgan fingerprint density at radius 3 is 2.58 bits per heavy atom. The number of nitrogens with one attached hydrogen (secondary N) is 1. The lowest BCUT2D eigenvalue weighted by molar-refractivity contribution is 0.137. The summed E-state index contributed by atoms with van der Waals surface area (Å²) in [5, 5.41) is 14.8. The number of hydrogen-bond acceptors (Lipinski definition) is 5. The van der Waals surface area contributed by atoms with Gasteiger partial charge in [0.1, 0.15) is 11.6 Å². The normalized spacial score (nSPS) is 12.7. The first-order chi connectivity index (χ1) is 12.5. The highest BCUT2D eigenvalue weighted by molar-refractivity contribution is 5.45. The van der Waals surface area contributed by atoms with Crippen molar-refractivity contribution in [1.82, 2.24) is 19.8 Å². The highest BCUT2D eigenvalue weighted by Crippen LogP contribution is 2.23. The van der Waals surface area contributed by atoms with Gasteiger partial charge in [-0.05, 0) is 36.1 Å². The molecule has 0 spiro atoms. The molecule has 8 heteroatoms. The smallest absolute Gasteiger partial charge is 0.299 e. The Balaban J connectivity index is 1.86. The lowest BCUT2D eigenvalue weighted by Gasteiger charge is -2.24. The zero-order valence-corrected chi connectivity index (χ0v) is 14.9. The molecule has 2 heterocycles. The number of fused-ring (bicyclic) bond motifs is 1. The van der Waals surface area contributed by atoms with E-state index >= 15 is 0 Å².